The highest BCUT2D eigenvalue weighted by Crippen LogP contribution is 2.18. The van der Waals surface area contributed by atoms with Crippen molar-refractivity contribution in [2.24, 2.45) is 0 Å². The maximum atomic E-state index is 12.1. The summed E-state index contributed by atoms with van der Waals surface area (Å²) >= 11 is 0. The Morgan fingerprint density at radius 3 is 2.23 bits per heavy atom. The van der Waals surface area contributed by atoms with Crippen molar-refractivity contribution in [3.63, 3.8) is 0 Å². The maximum Gasteiger partial charge on any atom is 0.240 e. The van der Waals surface area contributed by atoms with Crippen molar-refractivity contribution < 1.29 is 18.3 Å². The SMILES string of the molecule is COc1ccc(C(O)CNS(=O)(=O)c2ccc(C)cc2)cc1. The largest absolute Gasteiger partial charge is 0.497 e. The third kappa shape index (κ3) is 4.07. The Morgan fingerprint density at radius 1 is 1.09 bits per heavy atom. The van der Waals surface area contributed by atoms with Crippen LogP contribution in [0, 0.1) is 6.92 Å². The van der Waals surface area contributed by atoms with Crippen LogP contribution in [-0.4, -0.2) is 27.2 Å². The van der Waals surface area contributed by atoms with Crippen molar-refractivity contribution in [2.45, 2.75) is 17.9 Å². The highest BCUT2D eigenvalue weighted by molar-refractivity contribution is 7.89. The Hall–Kier alpha value is -1.89. The molecule has 0 fully saturated rings. The second kappa shape index (κ2) is 6.91. The number of hydrogen-bond acceptors (Lipinski definition) is 4. The molecule has 0 saturated heterocycles. The molecule has 1 unspecified atom stereocenters. The van der Waals surface area contributed by atoms with Crippen LogP contribution in [0.25, 0.3) is 0 Å². The predicted molar refractivity (Wildman–Crippen MR) is 84.3 cm³/mol. The third-order valence-electron chi connectivity index (χ3n) is 3.30. The lowest BCUT2D eigenvalue weighted by atomic mass is 10.1. The van der Waals surface area contributed by atoms with E-state index in [-0.39, 0.29) is 11.4 Å². The van der Waals surface area contributed by atoms with Gasteiger partial charge >= 0.3 is 0 Å². The molecule has 0 bridgehead atoms. The number of aryl methyl sites for hydroxylation is 1. The minimum atomic E-state index is -3.63. The molecule has 0 aliphatic carbocycles. The van der Waals surface area contributed by atoms with Crippen LogP contribution in [0.3, 0.4) is 0 Å². The molecule has 0 heterocycles. The summed E-state index contributed by atoms with van der Waals surface area (Å²) in [6, 6.07) is 13.4. The molecule has 0 saturated carbocycles. The smallest absolute Gasteiger partial charge is 0.240 e. The Kier molecular flexibility index (Phi) is 5.18. The minimum absolute atomic E-state index is 0.0947. The molecule has 0 amide bonds. The fourth-order valence-electron chi connectivity index (χ4n) is 1.93. The van der Waals surface area contributed by atoms with Crippen LogP contribution < -0.4 is 9.46 Å². The number of benzene rings is 2. The number of methoxy groups -OCH3 is 1. The van der Waals surface area contributed by atoms with Crippen molar-refractivity contribution in [3.05, 3.63) is 59.7 Å². The van der Waals surface area contributed by atoms with E-state index in [1.807, 2.05) is 6.92 Å². The van der Waals surface area contributed by atoms with Crippen molar-refractivity contribution in [1.29, 1.82) is 0 Å². The number of aliphatic hydroxyl groups is 1. The summed E-state index contributed by atoms with van der Waals surface area (Å²) < 4.78 is 31.7. The normalized spacial score (nSPS) is 12.9. The molecule has 0 radical (unpaired) electrons. The number of ether oxygens (including phenoxy) is 1. The summed E-state index contributed by atoms with van der Waals surface area (Å²) in [5, 5.41) is 10.1. The molecule has 2 aromatic carbocycles. The summed E-state index contributed by atoms with van der Waals surface area (Å²) in [7, 11) is -2.07. The van der Waals surface area contributed by atoms with Gasteiger partial charge in [-0.25, -0.2) is 13.1 Å². The summed E-state index contributed by atoms with van der Waals surface area (Å²) in [6.07, 6.45) is -0.925. The van der Waals surface area contributed by atoms with Gasteiger partial charge in [-0.05, 0) is 36.8 Å². The van der Waals surface area contributed by atoms with Crippen LogP contribution >= 0.6 is 0 Å². The predicted octanol–water partition coefficient (Wildman–Crippen LogP) is 2.02. The molecular formula is C16H19NO4S. The molecular weight excluding hydrogens is 302 g/mol. The lowest BCUT2D eigenvalue weighted by Crippen LogP contribution is -2.28. The monoisotopic (exact) mass is 321 g/mol. The standard InChI is InChI=1S/C16H19NO4S/c1-12-3-9-15(10-4-12)22(19,20)17-11-16(18)13-5-7-14(21-2)8-6-13/h3-10,16-18H,11H2,1-2H3. The summed E-state index contributed by atoms with van der Waals surface area (Å²) in [5.41, 5.74) is 1.60. The molecule has 2 N–H and O–H groups in total. The van der Waals surface area contributed by atoms with Gasteiger partial charge in [0.1, 0.15) is 5.75 Å². The maximum absolute atomic E-state index is 12.1. The van der Waals surface area contributed by atoms with Gasteiger partial charge in [0, 0.05) is 6.54 Å². The van der Waals surface area contributed by atoms with Gasteiger partial charge in [0.25, 0.3) is 0 Å². The first kappa shape index (κ1) is 16.5. The van der Waals surface area contributed by atoms with Gasteiger partial charge in [-0.1, -0.05) is 29.8 Å². The molecule has 0 aromatic heterocycles. The molecule has 118 valence electrons. The van der Waals surface area contributed by atoms with E-state index in [1.54, 1.807) is 43.5 Å². The van der Waals surface area contributed by atoms with Crippen LogP contribution in [0.15, 0.2) is 53.4 Å². The first-order chi connectivity index (χ1) is 10.4. The molecule has 1 atom stereocenters. The number of aliphatic hydroxyl groups excluding tert-OH is 1. The minimum Gasteiger partial charge on any atom is -0.497 e. The second-order valence-corrected chi connectivity index (χ2v) is 6.72. The zero-order valence-corrected chi connectivity index (χ0v) is 13.3. The fraction of sp³-hybridized carbons (Fsp3) is 0.250. The van der Waals surface area contributed by atoms with Gasteiger partial charge in [-0.15, -0.1) is 0 Å². The molecule has 0 spiro atoms. The zero-order chi connectivity index (χ0) is 16.2. The van der Waals surface area contributed by atoms with Crippen molar-refractivity contribution in [2.75, 3.05) is 13.7 Å². The quantitative estimate of drug-likeness (QED) is 0.853. The number of hydrogen-bond donors (Lipinski definition) is 2. The number of nitrogens with one attached hydrogen (secondary N) is 1. The van der Waals surface area contributed by atoms with Gasteiger partial charge in [-0.3, -0.25) is 0 Å². The van der Waals surface area contributed by atoms with E-state index in [1.165, 1.54) is 12.1 Å². The van der Waals surface area contributed by atoms with E-state index in [0.717, 1.165) is 5.56 Å². The van der Waals surface area contributed by atoms with Gasteiger partial charge in [0.2, 0.25) is 10.0 Å². The van der Waals surface area contributed by atoms with Crippen LogP contribution in [0.2, 0.25) is 0 Å². The van der Waals surface area contributed by atoms with Crippen molar-refractivity contribution in [1.82, 2.24) is 4.72 Å². The van der Waals surface area contributed by atoms with Gasteiger partial charge in [0.15, 0.2) is 0 Å². The van der Waals surface area contributed by atoms with E-state index in [2.05, 4.69) is 4.72 Å². The number of rotatable bonds is 6. The average molecular weight is 321 g/mol. The van der Waals surface area contributed by atoms with Gasteiger partial charge in [-0.2, -0.15) is 0 Å². The highest BCUT2D eigenvalue weighted by Gasteiger charge is 2.16. The number of sulfonamides is 1. The van der Waals surface area contributed by atoms with E-state index < -0.39 is 16.1 Å². The molecule has 5 nitrogen and oxygen atoms in total. The molecule has 6 heteroatoms. The third-order valence-corrected chi connectivity index (χ3v) is 4.74. The van der Waals surface area contributed by atoms with E-state index in [4.69, 9.17) is 4.74 Å². The Morgan fingerprint density at radius 2 is 1.68 bits per heavy atom. The summed E-state index contributed by atoms with van der Waals surface area (Å²) in [6.45, 7) is 1.79. The first-order valence-electron chi connectivity index (χ1n) is 6.81. The van der Waals surface area contributed by atoms with Crippen LogP contribution in [0.4, 0.5) is 0 Å². The molecule has 0 aliphatic heterocycles. The first-order valence-corrected chi connectivity index (χ1v) is 8.29. The Bertz CT molecular complexity index is 709. The second-order valence-electron chi connectivity index (χ2n) is 4.95. The lowest BCUT2D eigenvalue weighted by Gasteiger charge is -2.13. The molecule has 22 heavy (non-hydrogen) atoms. The van der Waals surface area contributed by atoms with E-state index >= 15 is 0 Å². The van der Waals surface area contributed by atoms with Crippen molar-refractivity contribution in [3.8, 4) is 5.75 Å². The van der Waals surface area contributed by atoms with Crippen LogP contribution in [0.5, 0.6) is 5.75 Å². The average Bonchev–Trinajstić information content (AvgIpc) is 2.53. The molecule has 2 aromatic rings. The van der Waals surface area contributed by atoms with Crippen LogP contribution in [0.1, 0.15) is 17.2 Å². The van der Waals surface area contributed by atoms with E-state index in [9.17, 15) is 13.5 Å². The Balaban J connectivity index is 2.02. The van der Waals surface area contributed by atoms with Crippen LogP contribution in [-0.2, 0) is 10.0 Å². The van der Waals surface area contributed by atoms with Crippen molar-refractivity contribution >= 4 is 10.0 Å². The summed E-state index contributed by atoms with van der Waals surface area (Å²) in [4.78, 5) is 0.181. The molecule has 2 rings (SSSR count). The fourth-order valence-corrected chi connectivity index (χ4v) is 2.97. The zero-order valence-electron chi connectivity index (χ0n) is 12.5. The van der Waals surface area contributed by atoms with Gasteiger partial charge < -0.3 is 9.84 Å². The summed E-state index contributed by atoms with van der Waals surface area (Å²) in [5.74, 6) is 0.677. The lowest BCUT2D eigenvalue weighted by molar-refractivity contribution is 0.182. The highest BCUT2D eigenvalue weighted by atomic mass is 32.2. The van der Waals surface area contributed by atoms with E-state index in [0.29, 0.717) is 11.3 Å². The molecule has 0 aliphatic rings. The topological polar surface area (TPSA) is 75.6 Å². The van der Waals surface area contributed by atoms with Gasteiger partial charge in [0.05, 0.1) is 18.1 Å². The Labute approximate surface area is 130 Å².